The van der Waals surface area contributed by atoms with Gasteiger partial charge in [0.25, 0.3) is 0 Å². The SMILES string of the molecule is Cc1cc(NC(=O)C(Sc2nc3ccccc3n2C)c2ccccc2)no1. The zero-order valence-electron chi connectivity index (χ0n) is 14.9. The lowest BCUT2D eigenvalue weighted by molar-refractivity contribution is -0.115. The molecule has 4 aromatic rings. The molecule has 0 saturated heterocycles. The maximum atomic E-state index is 13.0. The maximum Gasteiger partial charge on any atom is 0.243 e. The van der Waals surface area contributed by atoms with Crippen molar-refractivity contribution in [2.24, 2.45) is 7.05 Å². The molecule has 0 aliphatic heterocycles. The van der Waals surface area contributed by atoms with Gasteiger partial charge in [0.2, 0.25) is 5.91 Å². The Balaban J connectivity index is 1.67. The summed E-state index contributed by atoms with van der Waals surface area (Å²) in [6.45, 7) is 1.78. The van der Waals surface area contributed by atoms with Gasteiger partial charge >= 0.3 is 0 Å². The van der Waals surface area contributed by atoms with E-state index in [9.17, 15) is 4.79 Å². The Hall–Kier alpha value is -3.06. The lowest BCUT2D eigenvalue weighted by atomic mass is 10.1. The van der Waals surface area contributed by atoms with Gasteiger partial charge in [0.1, 0.15) is 11.0 Å². The van der Waals surface area contributed by atoms with Crippen LogP contribution in [0.25, 0.3) is 11.0 Å². The minimum Gasteiger partial charge on any atom is -0.360 e. The molecule has 27 heavy (non-hydrogen) atoms. The second-order valence-corrected chi connectivity index (χ2v) is 7.23. The fraction of sp³-hybridized carbons (Fsp3) is 0.150. The van der Waals surface area contributed by atoms with Crippen molar-refractivity contribution in [1.82, 2.24) is 14.7 Å². The van der Waals surface area contributed by atoms with Gasteiger partial charge in [0, 0.05) is 13.1 Å². The predicted octanol–water partition coefficient (Wildman–Crippen LogP) is 4.34. The summed E-state index contributed by atoms with van der Waals surface area (Å²) in [7, 11) is 1.96. The number of imidazole rings is 1. The van der Waals surface area contributed by atoms with Crippen LogP contribution in [0.2, 0.25) is 0 Å². The number of rotatable bonds is 5. The number of benzene rings is 2. The van der Waals surface area contributed by atoms with Gasteiger partial charge in [0.05, 0.1) is 11.0 Å². The van der Waals surface area contributed by atoms with Gasteiger partial charge in [-0.2, -0.15) is 0 Å². The van der Waals surface area contributed by atoms with Crippen molar-refractivity contribution in [2.75, 3.05) is 5.32 Å². The molecule has 1 atom stereocenters. The number of anilines is 1. The van der Waals surface area contributed by atoms with E-state index in [-0.39, 0.29) is 5.91 Å². The Morgan fingerprint density at radius 3 is 2.59 bits per heavy atom. The number of nitrogens with zero attached hydrogens (tertiary/aromatic N) is 3. The Labute approximate surface area is 160 Å². The van der Waals surface area contributed by atoms with Gasteiger partial charge < -0.3 is 14.4 Å². The predicted molar refractivity (Wildman–Crippen MR) is 106 cm³/mol. The van der Waals surface area contributed by atoms with Crippen molar-refractivity contribution < 1.29 is 9.32 Å². The molecule has 1 N–H and O–H groups in total. The topological polar surface area (TPSA) is 73.0 Å². The largest absolute Gasteiger partial charge is 0.360 e. The van der Waals surface area contributed by atoms with Crippen LogP contribution in [-0.4, -0.2) is 20.6 Å². The molecule has 0 bridgehead atoms. The van der Waals surface area contributed by atoms with Crippen molar-refractivity contribution in [3.05, 3.63) is 72.0 Å². The van der Waals surface area contributed by atoms with Crippen LogP contribution in [0.1, 0.15) is 16.6 Å². The molecular formula is C20H18N4O2S. The molecule has 2 aromatic carbocycles. The number of thioether (sulfide) groups is 1. The molecule has 0 fully saturated rings. The fourth-order valence-electron chi connectivity index (χ4n) is 2.85. The van der Waals surface area contributed by atoms with Crippen LogP contribution < -0.4 is 5.32 Å². The van der Waals surface area contributed by atoms with E-state index in [0.29, 0.717) is 11.6 Å². The second-order valence-electron chi connectivity index (χ2n) is 6.16. The third-order valence-electron chi connectivity index (χ3n) is 4.19. The molecule has 0 radical (unpaired) electrons. The summed E-state index contributed by atoms with van der Waals surface area (Å²) in [5.74, 6) is 0.875. The van der Waals surface area contributed by atoms with Gasteiger partial charge in [-0.25, -0.2) is 4.98 Å². The summed E-state index contributed by atoms with van der Waals surface area (Å²) in [6, 6.07) is 19.3. The van der Waals surface area contributed by atoms with E-state index in [1.807, 2.05) is 66.2 Å². The lowest BCUT2D eigenvalue weighted by Gasteiger charge is -2.15. The van der Waals surface area contributed by atoms with Crippen LogP contribution in [-0.2, 0) is 11.8 Å². The quantitative estimate of drug-likeness (QED) is 0.523. The van der Waals surface area contributed by atoms with E-state index < -0.39 is 5.25 Å². The average Bonchev–Trinajstić information content (AvgIpc) is 3.23. The number of hydrogen-bond donors (Lipinski definition) is 1. The highest BCUT2D eigenvalue weighted by Crippen LogP contribution is 2.36. The molecule has 2 heterocycles. The Morgan fingerprint density at radius 1 is 1.15 bits per heavy atom. The molecule has 1 amide bonds. The first-order valence-electron chi connectivity index (χ1n) is 8.49. The van der Waals surface area contributed by atoms with Crippen LogP contribution in [0.3, 0.4) is 0 Å². The average molecular weight is 378 g/mol. The molecule has 4 rings (SSSR count). The Morgan fingerprint density at radius 2 is 1.89 bits per heavy atom. The van der Waals surface area contributed by atoms with Gasteiger partial charge in [-0.3, -0.25) is 4.79 Å². The fourth-order valence-corrected chi connectivity index (χ4v) is 3.93. The number of para-hydroxylation sites is 2. The molecule has 6 nitrogen and oxygen atoms in total. The van der Waals surface area contributed by atoms with Crippen LogP contribution in [0.5, 0.6) is 0 Å². The minimum atomic E-state index is -0.473. The van der Waals surface area contributed by atoms with E-state index in [1.165, 1.54) is 11.8 Å². The van der Waals surface area contributed by atoms with Crippen LogP contribution in [0, 0.1) is 6.92 Å². The number of nitrogens with one attached hydrogen (secondary N) is 1. The number of carbonyl (C=O) groups excluding carboxylic acids is 1. The number of amides is 1. The summed E-state index contributed by atoms with van der Waals surface area (Å²) in [5.41, 5.74) is 2.83. The van der Waals surface area contributed by atoms with E-state index in [4.69, 9.17) is 4.52 Å². The minimum absolute atomic E-state index is 0.174. The summed E-state index contributed by atoms with van der Waals surface area (Å²) >= 11 is 1.41. The van der Waals surface area contributed by atoms with E-state index >= 15 is 0 Å². The smallest absolute Gasteiger partial charge is 0.243 e. The summed E-state index contributed by atoms with van der Waals surface area (Å²) in [4.78, 5) is 17.7. The molecule has 0 aliphatic rings. The van der Waals surface area contributed by atoms with Crippen LogP contribution in [0.4, 0.5) is 5.82 Å². The molecule has 136 valence electrons. The van der Waals surface area contributed by atoms with Crippen molar-refractivity contribution >= 4 is 34.5 Å². The molecular weight excluding hydrogens is 360 g/mol. The van der Waals surface area contributed by atoms with Crippen LogP contribution >= 0.6 is 11.8 Å². The van der Waals surface area contributed by atoms with Crippen LogP contribution in [0.15, 0.2) is 70.3 Å². The summed E-state index contributed by atoms with van der Waals surface area (Å²) in [5, 5.41) is 6.99. The number of carbonyl (C=O) groups is 1. The second kappa shape index (κ2) is 7.28. The third kappa shape index (κ3) is 3.59. The normalized spacial score (nSPS) is 12.2. The van der Waals surface area contributed by atoms with E-state index in [0.717, 1.165) is 21.8 Å². The first kappa shape index (κ1) is 17.4. The number of hydrogen-bond acceptors (Lipinski definition) is 5. The Bertz CT molecular complexity index is 1090. The van der Waals surface area contributed by atoms with Gasteiger partial charge in [-0.1, -0.05) is 59.4 Å². The molecule has 0 spiro atoms. The molecule has 1 unspecified atom stereocenters. The van der Waals surface area contributed by atoms with Crippen molar-refractivity contribution in [3.63, 3.8) is 0 Å². The van der Waals surface area contributed by atoms with Crippen molar-refractivity contribution in [1.29, 1.82) is 0 Å². The molecule has 2 aromatic heterocycles. The zero-order valence-corrected chi connectivity index (χ0v) is 15.7. The Kier molecular flexibility index (Phi) is 4.68. The number of aryl methyl sites for hydroxylation is 2. The van der Waals surface area contributed by atoms with E-state index in [1.54, 1.807) is 13.0 Å². The monoisotopic (exact) mass is 378 g/mol. The molecule has 0 saturated carbocycles. The highest BCUT2D eigenvalue weighted by molar-refractivity contribution is 8.00. The molecule has 0 aliphatic carbocycles. The maximum absolute atomic E-state index is 13.0. The van der Waals surface area contributed by atoms with Gasteiger partial charge in [-0.05, 0) is 24.6 Å². The van der Waals surface area contributed by atoms with Gasteiger partial charge in [-0.15, -0.1) is 0 Å². The first-order valence-corrected chi connectivity index (χ1v) is 9.37. The highest BCUT2D eigenvalue weighted by atomic mass is 32.2. The van der Waals surface area contributed by atoms with Crippen molar-refractivity contribution in [2.45, 2.75) is 17.3 Å². The first-order chi connectivity index (χ1) is 13.1. The zero-order chi connectivity index (χ0) is 18.8. The summed E-state index contributed by atoms with van der Waals surface area (Å²) < 4.78 is 7.04. The number of aromatic nitrogens is 3. The third-order valence-corrected chi connectivity index (χ3v) is 5.49. The highest BCUT2D eigenvalue weighted by Gasteiger charge is 2.25. The van der Waals surface area contributed by atoms with Crippen molar-refractivity contribution in [3.8, 4) is 0 Å². The van der Waals surface area contributed by atoms with E-state index in [2.05, 4.69) is 15.5 Å². The summed E-state index contributed by atoms with van der Waals surface area (Å²) in [6.07, 6.45) is 0. The van der Waals surface area contributed by atoms with Gasteiger partial charge in [0.15, 0.2) is 11.0 Å². The standard InChI is InChI=1S/C20H18N4O2S/c1-13-12-17(23-26-13)22-19(25)18(14-8-4-3-5-9-14)27-20-21-15-10-6-7-11-16(15)24(20)2/h3-12,18H,1-2H3,(H,22,23,25). The number of fused-ring (bicyclic) bond motifs is 1. The molecule has 7 heteroatoms. The lowest BCUT2D eigenvalue weighted by Crippen LogP contribution is -2.19.